The van der Waals surface area contributed by atoms with Crippen molar-refractivity contribution in [3.05, 3.63) is 71.2 Å². The number of rotatable bonds is 6. The Kier molecular flexibility index (Phi) is 6.22. The van der Waals surface area contributed by atoms with Crippen LogP contribution in [0.4, 0.5) is 5.69 Å². The smallest absolute Gasteiger partial charge is 0.259 e. The molecule has 1 saturated heterocycles. The number of imidazole rings is 1. The number of carbonyl (C=O) groups is 1. The molecule has 8 nitrogen and oxygen atoms in total. The van der Waals surface area contributed by atoms with Crippen LogP contribution in [-0.4, -0.2) is 48.8 Å². The van der Waals surface area contributed by atoms with Crippen molar-refractivity contribution in [3.63, 3.8) is 0 Å². The molecule has 0 bridgehead atoms. The summed E-state index contributed by atoms with van der Waals surface area (Å²) >= 11 is 6.43. The number of aromatic nitrogens is 2. The molecule has 1 amide bonds. The molecule has 0 saturated carbocycles. The highest BCUT2D eigenvalue weighted by Gasteiger charge is 2.28. The van der Waals surface area contributed by atoms with Crippen molar-refractivity contribution in [2.75, 3.05) is 25.5 Å². The predicted octanol–water partition coefficient (Wildman–Crippen LogP) is 4.93. The van der Waals surface area contributed by atoms with Gasteiger partial charge in [-0.2, -0.15) is 4.31 Å². The minimum atomic E-state index is -3.69. The van der Waals surface area contributed by atoms with Crippen LogP contribution < -0.4 is 10.1 Å². The zero-order chi connectivity index (χ0) is 24.6. The summed E-state index contributed by atoms with van der Waals surface area (Å²) in [4.78, 5) is 21.1. The second-order valence-corrected chi connectivity index (χ2v) is 10.6. The van der Waals surface area contributed by atoms with Gasteiger partial charge >= 0.3 is 0 Å². The van der Waals surface area contributed by atoms with Crippen molar-refractivity contribution in [1.29, 1.82) is 0 Å². The van der Waals surface area contributed by atoms with Gasteiger partial charge in [-0.15, -0.1) is 0 Å². The number of sulfonamides is 1. The highest BCUT2D eigenvalue weighted by atomic mass is 35.5. The van der Waals surface area contributed by atoms with Gasteiger partial charge in [0, 0.05) is 24.3 Å². The fourth-order valence-electron chi connectivity index (χ4n) is 4.17. The number of amides is 1. The first-order chi connectivity index (χ1) is 16.9. The SMILES string of the molecule is COc1ccc(S(=O)(=O)N2CCCC2)cc1C(=O)Nc1ccc(Cl)c(-c2nc3ccccc3[nH]2)c1. The number of aromatic amines is 1. The van der Waals surface area contributed by atoms with Gasteiger partial charge < -0.3 is 15.0 Å². The third-order valence-corrected chi connectivity index (χ3v) is 8.21. The van der Waals surface area contributed by atoms with Crippen LogP contribution in [0, 0.1) is 0 Å². The number of hydrogen-bond acceptors (Lipinski definition) is 5. The van der Waals surface area contributed by atoms with E-state index in [-0.39, 0.29) is 16.2 Å². The number of benzene rings is 3. The number of methoxy groups -OCH3 is 1. The van der Waals surface area contributed by atoms with Crippen molar-refractivity contribution in [2.45, 2.75) is 17.7 Å². The fraction of sp³-hybridized carbons (Fsp3) is 0.200. The standard InChI is InChI=1S/C25H23ClN4O4S/c1-34-23-11-9-17(35(32,33)30-12-4-5-13-30)15-19(23)25(31)27-16-8-10-20(26)18(14-16)24-28-21-6-2-3-7-22(21)29-24/h2-3,6-11,14-15H,4-5,12-13H2,1H3,(H,27,31)(H,28,29). The molecule has 0 radical (unpaired) electrons. The lowest BCUT2D eigenvalue weighted by molar-refractivity contribution is 0.102. The van der Waals surface area contributed by atoms with Crippen molar-refractivity contribution >= 4 is 44.3 Å². The maximum absolute atomic E-state index is 13.2. The molecule has 3 aromatic carbocycles. The first-order valence-electron chi connectivity index (χ1n) is 11.1. The number of nitrogens with zero attached hydrogens (tertiary/aromatic N) is 2. The fourth-order valence-corrected chi connectivity index (χ4v) is 5.92. The lowest BCUT2D eigenvalue weighted by Gasteiger charge is -2.17. The minimum absolute atomic E-state index is 0.0596. The molecular weight excluding hydrogens is 488 g/mol. The maximum Gasteiger partial charge on any atom is 0.259 e. The molecule has 35 heavy (non-hydrogen) atoms. The van der Waals surface area contributed by atoms with E-state index in [1.807, 2.05) is 24.3 Å². The summed E-state index contributed by atoms with van der Waals surface area (Å²) in [5.74, 6) is 0.344. The normalized spacial score (nSPS) is 14.3. The molecule has 1 fully saturated rings. The van der Waals surface area contributed by atoms with E-state index in [0.29, 0.717) is 35.2 Å². The molecule has 5 rings (SSSR count). The molecule has 0 spiro atoms. The third-order valence-electron chi connectivity index (χ3n) is 5.99. The molecule has 1 aliphatic heterocycles. The average Bonchev–Trinajstić information content (AvgIpc) is 3.55. The van der Waals surface area contributed by atoms with E-state index in [9.17, 15) is 13.2 Å². The van der Waals surface area contributed by atoms with Crippen LogP contribution in [-0.2, 0) is 10.0 Å². The lowest BCUT2D eigenvalue weighted by Crippen LogP contribution is -2.28. The van der Waals surface area contributed by atoms with Gasteiger partial charge in [-0.1, -0.05) is 23.7 Å². The Hall–Kier alpha value is -3.40. The van der Waals surface area contributed by atoms with E-state index in [2.05, 4.69) is 15.3 Å². The van der Waals surface area contributed by atoms with E-state index < -0.39 is 15.9 Å². The van der Waals surface area contributed by atoms with E-state index in [1.54, 1.807) is 18.2 Å². The number of nitrogens with one attached hydrogen (secondary N) is 2. The number of carbonyl (C=O) groups excluding carboxylic acids is 1. The first-order valence-corrected chi connectivity index (χ1v) is 12.9. The van der Waals surface area contributed by atoms with E-state index in [4.69, 9.17) is 16.3 Å². The highest BCUT2D eigenvalue weighted by molar-refractivity contribution is 7.89. The summed E-state index contributed by atoms with van der Waals surface area (Å²) in [5.41, 5.74) is 2.89. The van der Waals surface area contributed by atoms with Crippen LogP contribution in [0.5, 0.6) is 5.75 Å². The highest BCUT2D eigenvalue weighted by Crippen LogP contribution is 2.31. The predicted molar refractivity (Wildman–Crippen MR) is 135 cm³/mol. The van der Waals surface area contributed by atoms with E-state index >= 15 is 0 Å². The summed E-state index contributed by atoms with van der Waals surface area (Å²) in [6.07, 6.45) is 1.65. The van der Waals surface area contributed by atoms with E-state index in [0.717, 1.165) is 23.9 Å². The Balaban J connectivity index is 1.46. The van der Waals surface area contributed by atoms with Gasteiger partial charge in [-0.25, -0.2) is 13.4 Å². The van der Waals surface area contributed by atoms with Crippen LogP contribution in [0.3, 0.4) is 0 Å². The third kappa shape index (κ3) is 4.50. The molecule has 10 heteroatoms. The van der Waals surface area contributed by atoms with Gasteiger partial charge in [0.05, 0.1) is 33.6 Å². The molecule has 1 aromatic heterocycles. The van der Waals surface area contributed by atoms with Gasteiger partial charge in [0.1, 0.15) is 11.6 Å². The second-order valence-electron chi connectivity index (χ2n) is 8.22. The van der Waals surface area contributed by atoms with Crippen molar-refractivity contribution in [2.24, 2.45) is 0 Å². The van der Waals surface area contributed by atoms with Crippen LogP contribution >= 0.6 is 11.6 Å². The summed E-state index contributed by atoms with van der Waals surface area (Å²) in [5, 5.41) is 3.30. The maximum atomic E-state index is 13.2. The molecule has 4 aromatic rings. The van der Waals surface area contributed by atoms with Crippen LogP contribution in [0.15, 0.2) is 65.6 Å². The van der Waals surface area contributed by atoms with Gasteiger partial charge in [0.25, 0.3) is 5.91 Å². The average molecular weight is 511 g/mol. The van der Waals surface area contributed by atoms with Gasteiger partial charge in [-0.05, 0) is 61.4 Å². The Bertz CT molecular complexity index is 1490. The second kappa shape index (κ2) is 9.33. The van der Waals surface area contributed by atoms with Crippen molar-refractivity contribution < 1.29 is 17.9 Å². The number of ether oxygens (including phenoxy) is 1. The largest absolute Gasteiger partial charge is 0.496 e. The molecule has 0 unspecified atom stereocenters. The number of anilines is 1. The number of hydrogen-bond donors (Lipinski definition) is 2. The zero-order valence-electron chi connectivity index (χ0n) is 18.9. The quantitative estimate of drug-likeness (QED) is 0.383. The monoisotopic (exact) mass is 510 g/mol. The molecular formula is C25H23ClN4O4S. The van der Waals surface area contributed by atoms with Crippen LogP contribution in [0.1, 0.15) is 23.2 Å². The van der Waals surface area contributed by atoms with Crippen molar-refractivity contribution in [3.8, 4) is 17.1 Å². The number of halogens is 1. The summed E-state index contributed by atoms with van der Waals surface area (Å²) in [7, 11) is -2.25. The molecule has 2 N–H and O–H groups in total. The Morgan fingerprint density at radius 2 is 1.86 bits per heavy atom. The Morgan fingerprint density at radius 1 is 1.09 bits per heavy atom. The van der Waals surface area contributed by atoms with E-state index in [1.165, 1.54) is 29.6 Å². The number of fused-ring (bicyclic) bond motifs is 1. The first kappa shape index (κ1) is 23.3. The zero-order valence-corrected chi connectivity index (χ0v) is 20.5. The molecule has 180 valence electrons. The summed E-state index contributed by atoms with van der Waals surface area (Å²) in [6.45, 7) is 0.955. The van der Waals surface area contributed by atoms with Crippen molar-refractivity contribution in [1.82, 2.24) is 14.3 Å². The lowest BCUT2D eigenvalue weighted by atomic mass is 10.1. The van der Waals surface area contributed by atoms with Crippen LogP contribution in [0.2, 0.25) is 5.02 Å². The topological polar surface area (TPSA) is 104 Å². The number of H-pyrrole nitrogens is 1. The van der Waals surface area contributed by atoms with Gasteiger partial charge in [-0.3, -0.25) is 4.79 Å². The van der Waals surface area contributed by atoms with Crippen LogP contribution in [0.25, 0.3) is 22.4 Å². The molecule has 0 aliphatic carbocycles. The molecule has 1 aliphatic rings. The molecule has 2 heterocycles. The number of para-hydroxylation sites is 2. The van der Waals surface area contributed by atoms with Gasteiger partial charge in [0.15, 0.2) is 0 Å². The summed E-state index contributed by atoms with van der Waals surface area (Å²) < 4.78 is 32.8. The Morgan fingerprint density at radius 3 is 2.60 bits per heavy atom. The summed E-state index contributed by atoms with van der Waals surface area (Å²) in [6, 6.07) is 17.0. The molecule has 0 atom stereocenters. The minimum Gasteiger partial charge on any atom is -0.496 e. The Labute approximate surface area is 207 Å². The van der Waals surface area contributed by atoms with Gasteiger partial charge in [0.2, 0.25) is 10.0 Å².